The molecule has 0 aliphatic carbocycles. The SMILES string of the molecule is CC(=O)n1cc(NC(=O)[C@@H]2C[C@@H](F)CN2)c2ccccc21.Cl. The van der Waals surface area contributed by atoms with E-state index in [0.717, 1.165) is 10.9 Å². The number of para-hydroxylation sites is 1. The molecular weight excluding hydrogens is 309 g/mol. The Kier molecular flexibility index (Phi) is 4.83. The summed E-state index contributed by atoms with van der Waals surface area (Å²) in [5.41, 5.74) is 1.30. The normalized spacial score (nSPS) is 20.6. The van der Waals surface area contributed by atoms with Crippen LogP contribution in [0.25, 0.3) is 10.9 Å². The highest BCUT2D eigenvalue weighted by atomic mass is 35.5. The number of alkyl halides is 1. The average Bonchev–Trinajstić information content (AvgIpc) is 3.04. The van der Waals surface area contributed by atoms with Crippen molar-refractivity contribution in [1.29, 1.82) is 0 Å². The first-order valence-corrected chi connectivity index (χ1v) is 6.85. The van der Waals surface area contributed by atoms with E-state index < -0.39 is 12.2 Å². The predicted octanol–water partition coefficient (Wildman–Crippen LogP) is 2.36. The van der Waals surface area contributed by atoms with Crippen LogP contribution in [0, 0.1) is 0 Å². The Morgan fingerprint density at radius 2 is 2.09 bits per heavy atom. The molecule has 0 spiro atoms. The summed E-state index contributed by atoms with van der Waals surface area (Å²) in [4.78, 5) is 23.8. The fourth-order valence-electron chi connectivity index (χ4n) is 2.65. The number of fused-ring (bicyclic) bond motifs is 1. The smallest absolute Gasteiger partial charge is 0.241 e. The number of amides is 1. The molecule has 1 saturated heterocycles. The Morgan fingerprint density at radius 1 is 1.36 bits per heavy atom. The predicted molar refractivity (Wildman–Crippen MR) is 85.4 cm³/mol. The maximum atomic E-state index is 13.1. The maximum absolute atomic E-state index is 13.1. The quantitative estimate of drug-likeness (QED) is 0.891. The number of halogens is 2. The third-order valence-electron chi connectivity index (χ3n) is 3.70. The standard InChI is InChI=1S/C15H16FN3O2.ClH/c1-9(20)19-8-13(11-4-2-3-5-14(11)19)18-15(21)12-6-10(16)7-17-12;/h2-5,8,10,12,17H,6-7H2,1H3,(H,18,21);1H/t10-,12+;/m1./s1. The molecule has 2 atom stereocenters. The fraction of sp³-hybridized carbons (Fsp3) is 0.333. The Hall–Kier alpha value is -1.92. The molecule has 1 aliphatic heterocycles. The fourth-order valence-corrected chi connectivity index (χ4v) is 2.65. The second-order valence-corrected chi connectivity index (χ2v) is 5.23. The average molecular weight is 326 g/mol. The van der Waals surface area contributed by atoms with Crippen LogP contribution in [0.4, 0.5) is 10.1 Å². The molecule has 1 aromatic carbocycles. The molecule has 1 aliphatic rings. The van der Waals surface area contributed by atoms with E-state index in [-0.39, 0.29) is 37.2 Å². The van der Waals surface area contributed by atoms with Crippen molar-refractivity contribution < 1.29 is 14.0 Å². The first-order chi connectivity index (χ1) is 10.1. The van der Waals surface area contributed by atoms with Crippen LogP contribution < -0.4 is 10.6 Å². The van der Waals surface area contributed by atoms with Gasteiger partial charge < -0.3 is 10.6 Å². The van der Waals surface area contributed by atoms with Gasteiger partial charge >= 0.3 is 0 Å². The molecule has 1 aromatic heterocycles. The van der Waals surface area contributed by atoms with Crippen molar-refractivity contribution in [3.05, 3.63) is 30.5 Å². The van der Waals surface area contributed by atoms with Crippen molar-refractivity contribution in [2.24, 2.45) is 0 Å². The zero-order valence-corrected chi connectivity index (χ0v) is 12.8. The minimum absolute atomic E-state index is 0. The Morgan fingerprint density at radius 3 is 2.73 bits per heavy atom. The van der Waals surface area contributed by atoms with Gasteiger partial charge in [0, 0.05) is 31.5 Å². The molecular formula is C15H17ClFN3O2. The highest BCUT2D eigenvalue weighted by Crippen LogP contribution is 2.26. The first-order valence-electron chi connectivity index (χ1n) is 6.85. The molecule has 0 saturated carbocycles. The Bertz CT molecular complexity index is 716. The molecule has 0 bridgehead atoms. The lowest BCUT2D eigenvalue weighted by Gasteiger charge is -2.09. The van der Waals surface area contributed by atoms with Crippen molar-refractivity contribution in [2.45, 2.75) is 25.6 Å². The Labute approximate surface area is 133 Å². The molecule has 0 radical (unpaired) electrons. The summed E-state index contributed by atoms with van der Waals surface area (Å²) in [6.45, 7) is 1.66. The van der Waals surface area contributed by atoms with Crippen LogP contribution in [0.3, 0.4) is 0 Å². The number of nitrogens with one attached hydrogen (secondary N) is 2. The number of nitrogens with zero attached hydrogens (tertiary/aromatic N) is 1. The zero-order valence-electron chi connectivity index (χ0n) is 12.0. The van der Waals surface area contributed by atoms with Crippen LogP contribution in [0.2, 0.25) is 0 Å². The number of rotatable bonds is 2. The van der Waals surface area contributed by atoms with Crippen molar-refractivity contribution in [3.8, 4) is 0 Å². The van der Waals surface area contributed by atoms with E-state index >= 15 is 0 Å². The second kappa shape index (κ2) is 6.46. The highest BCUT2D eigenvalue weighted by molar-refractivity contribution is 6.06. The van der Waals surface area contributed by atoms with E-state index in [9.17, 15) is 14.0 Å². The van der Waals surface area contributed by atoms with Crippen LogP contribution >= 0.6 is 12.4 Å². The largest absolute Gasteiger partial charge is 0.323 e. The van der Waals surface area contributed by atoms with Gasteiger partial charge in [-0.15, -0.1) is 12.4 Å². The van der Waals surface area contributed by atoms with Crippen LogP contribution in [0.5, 0.6) is 0 Å². The van der Waals surface area contributed by atoms with Crippen LogP contribution in [0.1, 0.15) is 18.1 Å². The molecule has 2 N–H and O–H groups in total. The molecule has 1 fully saturated rings. The van der Waals surface area contributed by atoms with Crippen LogP contribution in [-0.2, 0) is 4.79 Å². The number of carbonyl (C=O) groups excluding carboxylic acids is 2. The van der Waals surface area contributed by atoms with E-state index in [1.54, 1.807) is 6.20 Å². The molecule has 0 unspecified atom stereocenters. The highest BCUT2D eigenvalue weighted by Gasteiger charge is 2.29. The molecule has 22 heavy (non-hydrogen) atoms. The minimum atomic E-state index is -0.987. The summed E-state index contributed by atoms with van der Waals surface area (Å²) in [5.74, 6) is -0.406. The summed E-state index contributed by atoms with van der Waals surface area (Å²) in [5, 5.41) is 6.41. The summed E-state index contributed by atoms with van der Waals surface area (Å²) in [6.07, 6.45) is 0.795. The number of carbonyl (C=O) groups is 2. The van der Waals surface area contributed by atoms with Gasteiger partial charge in [0.15, 0.2) is 0 Å². The van der Waals surface area contributed by atoms with Gasteiger partial charge in [0.2, 0.25) is 11.8 Å². The number of anilines is 1. The van der Waals surface area contributed by atoms with Gasteiger partial charge in [-0.05, 0) is 6.07 Å². The van der Waals surface area contributed by atoms with Gasteiger partial charge in [-0.2, -0.15) is 0 Å². The third-order valence-corrected chi connectivity index (χ3v) is 3.70. The number of hydrogen-bond donors (Lipinski definition) is 2. The number of benzene rings is 1. The van der Waals surface area contributed by atoms with Gasteiger partial charge in [-0.3, -0.25) is 14.2 Å². The van der Waals surface area contributed by atoms with Gasteiger partial charge in [0.25, 0.3) is 0 Å². The van der Waals surface area contributed by atoms with Crippen molar-refractivity contribution in [3.63, 3.8) is 0 Å². The zero-order chi connectivity index (χ0) is 15.0. The topological polar surface area (TPSA) is 63.1 Å². The monoisotopic (exact) mass is 325 g/mol. The lowest BCUT2D eigenvalue weighted by molar-refractivity contribution is -0.117. The van der Waals surface area contributed by atoms with E-state index in [1.807, 2.05) is 24.3 Å². The van der Waals surface area contributed by atoms with Crippen LogP contribution in [-0.4, -0.2) is 35.1 Å². The van der Waals surface area contributed by atoms with Gasteiger partial charge in [0.05, 0.1) is 17.2 Å². The van der Waals surface area contributed by atoms with Crippen molar-refractivity contribution >= 4 is 40.8 Å². The Balaban J connectivity index is 0.00000176. The number of aromatic nitrogens is 1. The third kappa shape index (κ3) is 2.98. The summed E-state index contributed by atoms with van der Waals surface area (Å²) < 4.78 is 14.6. The lowest BCUT2D eigenvalue weighted by Crippen LogP contribution is -2.35. The van der Waals surface area contributed by atoms with E-state index in [4.69, 9.17) is 0 Å². The summed E-state index contributed by atoms with van der Waals surface area (Å²) in [6, 6.07) is 6.80. The van der Waals surface area contributed by atoms with Gasteiger partial charge in [-0.25, -0.2) is 4.39 Å². The van der Waals surface area contributed by atoms with Crippen molar-refractivity contribution in [1.82, 2.24) is 9.88 Å². The van der Waals surface area contributed by atoms with Gasteiger partial charge in [0.1, 0.15) is 6.17 Å². The van der Waals surface area contributed by atoms with Crippen LogP contribution in [0.15, 0.2) is 30.5 Å². The minimum Gasteiger partial charge on any atom is -0.323 e. The summed E-state index contributed by atoms with van der Waals surface area (Å²) in [7, 11) is 0. The summed E-state index contributed by atoms with van der Waals surface area (Å²) >= 11 is 0. The molecule has 2 aromatic rings. The van der Waals surface area contributed by atoms with Crippen molar-refractivity contribution in [2.75, 3.05) is 11.9 Å². The number of hydrogen-bond acceptors (Lipinski definition) is 3. The van der Waals surface area contributed by atoms with E-state index in [1.165, 1.54) is 11.5 Å². The van der Waals surface area contributed by atoms with Gasteiger partial charge in [-0.1, -0.05) is 18.2 Å². The lowest BCUT2D eigenvalue weighted by atomic mass is 10.2. The molecule has 7 heteroatoms. The molecule has 118 valence electrons. The first kappa shape index (κ1) is 16.5. The molecule has 3 rings (SSSR count). The van der Waals surface area contributed by atoms with E-state index in [0.29, 0.717) is 5.69 Å². The molecule has 5 nitrogen and oxygen atoms in total. The second-order valence-electron chi connectivity index (χ2n) is 5.23. The maximum Gasteiger partial charge on any atom is 0.241 e. The molecule has 2 heterocycles. The van der Waals surface area contributed by atoms with E-state index in [2.05, 4.69) is 10.6 Å². The molecule has 1 amide bonds.